The maximum Gasteiger partial charge on any atom is 0.290 e. The van der Waals surface area contributed by atoms with Gasteiger partial charge in [-0.1, -0.05) is 0 Å². The minimum Gasteiger partial charge on any atom is -0.483 e. The van der Waals surface area contributed by atoms with E-state index in [1.54, 1.807) is 16.8 Å². The Morgan fingerprint density at radius 2 is 2.06 bits per heavy atom. The molecule has 0 atom stereocenters. The smallest absolute Gasteiger partial charge is 0.290 e. The molecule has 0 aromatic carbocycles. The molecule has 12 nitrogen and oxygen atoms in total. The van der Waals surface area contributed by atoms with Crippen LogP contribution in [-0.2, 0) is 24.3 Å². The summed E-state index contributed by atoms with van der Waals surface area (Å²) in [5.41, 5.74) is 4.42. The SMILES string of the molecule is Cc1cc(C)n(CCN(C)C(=O)c2n[nH]c3c2CCN(C(=O)c2cnccn2)C3)n1.O=CO. The van der Waals surface area contributed by atoms with Gasteiger partial charge in [-0.05, 0) is 26.3 Å². The first kappa shape index (κ1) is 23.6. The minimum absolute atomic E-state index is 0.136. The summed E-state index contributed by atoms with van der Waals surface area (Å²) in [7, 11) is 1.77. The zero-order chi connectivity index (χ0) is 24.0. The first-order valence-electron chi connectivity index (χ1n) is 10.3. The Bertz CT molecular complexity index is 1120. The summed E-state index contributed by atoms with van der Waals surface area (Å²) in [5.74, 6) is -0.319. The average Bonchev–Trinajstić information content (AvgIpc) is 3.39. The van der Waals surface area contributed by atoms with E-state index in [1.165, 1.54) is 18.6 Å². The molecule has 0 aliphatic carbocycles. The van der Waals surface area contributed by atoms with Crippen molar-refractivity contribution in [3.8, 4) is 0 Å². The van der Waals surface area contributed by atoms with Crippen LogP contribution < -0.4 is 0 Å². The number of hydrogen-bond acceptors (Lipinski definition) is 7. The van der Waals surface area contributed by atoms with Gasteiger partial charge in [-0.15, -0.1) is 0 Å². The Balaban J connectivity index is 0.000000968. The Kier molecular flexibility index (Phi) is 7.49. The van der Waals surface area contributed by atoms with Crippen molar-refractivity contribution in [3.05, 3.63) is 58.7 Å². The molecule has 0 fully saturated rings. The lowest BCUT2D eigenvalue weighted by molar-refractivity contribution is -0.122. The number of likely N-dealkylation sites (N-methyl/N-ethyl adjacent to an activating group) is 1. The lowest BCUT2D eigenvalue weighted by Crippen LogP contribution is -2.37. The third kappa shape index (κ3) is 5.40. The number of fused-ring (bicyclic) bond motifs is 1. The zero-order valence-electron chi connectivity index (χ0n) is 18.7. The topological polar surface area (TPSA) is 150 Å². The molecule has 0 saturated heterocycles. The normalized spacial score (nSPS) is 12.4. The van der Waals surface area contributed by atoms with E-state index < -0.39 is 0 Å². The van der Waals surface area contributed by atoms with Crippen molar-refractivity contribution in [2.24, 2.45) is 0 Å². The van der Waals surface area contributed by atoms with Gasteiger partial charge in [-0.2, -0.15) is 10.2 Å². The van der Waals surface area contributed by atoms with E-state index in [0.29, 0.717) is 44.0 Å². The van der Waals surface area contributed by atoms with Crippen molar-refractivity contribution in [2.45, 2.75) is 33.4 Å². The predicted octanol–water partition coefficient (Wildman–Crippen LogP) is 0.685. The maximum absolute atomic E-state index is 12.9. The number of aryl methyl sites for hydroxylation is 2. The van der Waals surface area contributed by atoms with Crippen molar-refractivity contribution < 1.29 is 19.5 Å². The standard InChI is InChI=1S/C20H24N8O2.CH2O2/c1-13-10-14(2)28(25-13)9-8-26(3)20(30)18-15-4-7-27(12-17(15)23-24-18)19(29)16-11-21-5-6-22-16;2-1-3/h5-6,10-11H,4,7-9,12H2,1-3H3,(H,23,24);1H,(H,2,3). The van der Waals surface area contributed by atoms with Crippen LogP contribution in [0.1, 0.15) is 43.6 Å². The number of aromatic amines is 1. The van der Waals surface area contributed by atoms with Crippen molar-refractivity contribution >= 4 is 18.3 Å². The van der Waals surface area contributed by atoms with E-state index in [9.17, 15) is 9.59 Å². The van der Waals surface area contributed by atoms with Crippen molar-refractivity contribution in [2.75, 3.05) is 20.1 Å². The van der Waals surface area contributed by atoms with Crippen LogP contribution in [0, 0.1) is 13.8 Å². The Morgan fingerprint density at radius 3 is 2.70 bits per heavy atom. The average molecular weight is 454 g/mol. The summed E-state index contributed by atoms with van der Waals surface area (Å²) in [5, 5.41) is 18.5. The largest absolute Gasteiger partial charge is 0.483 e. The maximum atomic E-state index is 12.9. The van der Waals surface area contributed by atoms with Crippen molar-refractivity contribution in [3.63, 3.8) is 0 Å². The van der Waals surface area contributed by atoms with Gasteiger partial charge >= 0.3 is 0 Å². The molecule has 0 radical (unpaired) electrons. The second kappa shape index (κ2) is 10.5. The highest BCUT2D eigenvalue weighted by atomic mass is 16.3. The Morgan fingerprint density at radius 1 is 1.30 bits per heavy atom. The van der Waals surface area contributed by atoms with Gasteiger partial charge in [0.15, 0.2) is 5.69 Å². The summed E-state index contributed by atoms with van der Waals surface area (Å²) in [6, 6.07) is 2.01. The lowest BCUT2D eigenvalue weighted by Gasteiger charge is -2.26. The van der Waals surface area contributed by atoms with Crippen LogP contribution in [0.3, 0.4) is 0 Å². The van der Waals surface area contributed by atoms with Gasteiger partial charge in [-0.25, -0.2) is 4.98 Å². The Labute approximate surface area is 190 Å². The summed E-state index contributed by atoms with van der Waals surface area (Å²) < 4.78 is 1.90. The van der Waals surface area contributed by atoms with Crippen LogP contribution in [0.4, 0.5) is 0 Å². The van der Waals surface area contributed by atoms with Gasteiger partial charge < -0.3 is 14.9 Å². The van der Waals surface area contributed by atoms with Crippen LogP contribution in [0.5, 0.6) is 0 Å². The number of carbonyl (C=O) groups is 3. The highest BCUT2D eigenvalue weighted by Crippen LogP contribution is 2.22. The van der Waals surface area contributed by atoms with Gasteiger partial charge in [0.2, 0.25) is 0 Å². The number of nitrogens with one attached hydrogen (secondary N) is 1. The number of amides is 2. The molecule has 12 heteroatoms. The third-order valence-corrected chi connectivity index (χ3v) is 5.30. The number of rotatable bonds is 5. The van der Waals surface area contributed by atoms with Crippen molar-refractivity contribution in [1.29, 1.82) is 0 Å². The van der Waals surface area contributed by atoms with E-state index >= 15 is 0 Å². The fraction of sp³-hybridized carbons (Fsp3) is 0.381. The first-order valence-corrected chi connectivity index (χ1v) is 10.3. The molecule has 0 unspecified atom stereocenters. The van der Waals surface area contributed by atoms with E-state index in [0.717, 1.165) is 22.6 Å². The number of carbonyl (C=O) groups excluding carboxylic acids is 2. The number of H-pyrrole nitrogens is 1. The summed E-state index contributed by atoms with van der Waals surface area (Å²) in [6.07, 6.45) is 5.04. The second-order valence-corrected chi connectivity index (χ2v) is 7.58. The number of nitrogens with zero attached hydrogens (tertiary/aromatic N) is 7. The molecule has 0 spiro atoms. The molecular weight excluding hydrogens is 428 g/mol. The molecular formula is C21H26N8O4. The molecule has 3 aromatic rings. The quantitative estimate of drug-likeness (QED) is 0.535. The first-order chi connectivity index (χ1) is 15.8. The third-order valence-electron chi connectivity index (χ3n) is 5.30. The number of aromatic nitrogens is 6. The molecule has 3 aromatic heterocycles. The molecule has 174 valence electrons. The van der Waals surface area contributed by atoms with Gasteiger partial charge in [0.05, 0.1) is 30.7 Å². The van der Waals surface area contributed by atoms with E-state index in [2.05, 4.69) is 25.3 Å². The van der Waals surface area contributed by atoms with Gasteiger partial charge in [-0.3, -0.25) is 29.1 Å². The van der Waals surface area contributed by atoms with Crippen LogP contribution >= 0.6 is 0 Å². The lowest BCUT2D eigenvalue weighted by atomic mass is 10.0. The summed E-state index contributed by atoms with van der Waals surface area (Å²) in [6.45, 7) is 5.71. The zero-order valence-corrected chi connectivity index (χ0v) is 18.7. The molecule has 0 saturated carbocycles. The van der Waals surface area contributed by atoms with Gasteiger partial charge in [0.25, 0.3) is 18.3 Å². The van der Waals surface area contributed by atoms with Gasteiger partial charge in [0, 0.05) is 43.8 Å². The van der Waals surface area contributed by atoms with Crippen molar-refractivity contribution in [1.82, 2.24) is 39.7 Å². The number of carboxylic acid groups (broad SMARTS) is 1. The van der Waals surface area contributed by atoms with E-state index in [1.807, 2.05) is 24.6 Å². The monoisotopic (exact) mass is 454 g/mol. The second-order valence-electron chi connectivity index (χ2n) is 7.58. The molecule has 2 amide bonds. The molecule has 2 N–H and O–H groups in total. The molecule has 1 aliphatic rings. The molecule has 0 bridgehead atoms. The van der Waals surface area contributed by atoms with E-state index in [4.69, 9.17) is 9.90 Å². The predicted molar refractivity (Wildman–Crippen MR) is 116 cm³/mol. The fourth-order valence-corrected chi connectivity index (χ4v) is 3.67. The number of hydrogen-bond donors (Lipinski definition) is 2. The van der Waals surface area contributed by atoms with Crippen LogP contribution in [0.25, 0.3) is 0 Å². The van der Waals surface area contributed by atoms with Crippen LogP contribution in [0.15, 0.2) is 24.7 Å². The molecule has 4 rings (SSSR count). The summed E-state index contributed by atoms with van der Waals surface area (Å²) in [4.78, 5) is 45.3. The fourth-order valence-electron chi connectivity index (χ4n) is 3.67. The molecule has 33 heavy (non-hydrogen) atoms. The van der Waals surface area contributed by atoms with Gasteiger partial charge in [0.1, 0.15) is 5.69 Å². The molecule has 4 heterocycles. The highest BCUT2D eigenvalue weighted by molar-refractivity contribution is 5.94. The van der Waals surface area contributed by atoms with E-state index in [-0.39, 0.29) is 18.3 Å². The highest BCUT2D eigenvalue weighted by Gasteiger charge is 2.29. The van der Waals surface area contributed by atoms with Crippen LogP contribution in [-0.4, -0.2) is 83.3 Å². The Hall–Kier alpha value is -4.09. The minimum atomic E-state index is -0.250. The molecule has 1 aliphatic heterocycles. The summed E-state index contributed by atoms with van der Waals surface area (Å²) >= 11 is 0. The van der Waals surface area contributed by atoms with Crippen LogP contribution in [0.2, 0.25) is 0 Å².